The molecule has 0 aliphatic heterocycles. The fraction of sp³-hybridized carbons (Fsp3) is 0.375. The van der Waals surface area contributed by atoms with Gasteiger partial charge in [-0.25, -0.2) is 4.39 Å². The highest BCUT2D eigenvalue weighted by molar-refractivity contribution is 5.96. The van der Waals surface area contributed by atoms with E-state index in [1.807, 2.05) is 12.1 Å². The fourth-order valence-electron chi connectivity index (χ4n) is 2.96. The number of nitrogens with zero attached hydrogens (tertiary/aromatic N) is 1. The van der Waals surface area contributed by atoms with Crippen LogP contribution in [0.5, 0.6) is 0 Å². The molecule has 1 N–H and O–H groups in total. The summed E-state index contributed by atoms with van der Waals surface area (Å²) in [6, 6.07) is 13.1. The van der Waals surface area contributed by atoms with Crippen molar-refractivity contribution in [3.05, 3.63) is 71.0 Å². The third-order valence-electron chi connectivity index (χ3n) is 4.75. The Morgan fingerprint density at radius 2 is 1.74 bits per heavy atom. The van der Waals surface area contributed by atoms with Gasteiger partial charge in [0.2, 0.25) is 0 Å². The summed E-state index contributed by atoms with van der Waals surface area (Å²) in [6.45, 7) is 7.52. The summed E-state index contributed by atoms with van der Waals surface area (Å²) in [5.41, 5.74) is 2.13. The van der Waals surface area contributed by atoms with Gasteiger partial charge in [0.25, 0.3) is 11.8 Å². The lowest BCUT2D eigenvalue weighted by atomic mass is 9.87. The van der Waals surface area contributed by atoms with Gasteiger partial charge in [0, 0.05) is 19.2 Å². The van der Waals surface area contributed by atoms with Gasteiger partial charge in [0.05, 0.1) is 0 Å². The average molecular weight is 429 g/mol. The Kier molecular flexibility index (Phi) is 7.91. The molecular weight excluding hydrogens is 399 g/mol. The normalized spacial score (nSPS) is 12.1. The molecule has 0 heterocycles. The number of benzene rings is 2. The molecule has 0 unspecified atom stereocenters. The molecule has 0 aliphatic rings. The van der Waals surface area contributed by atoms with Crippen molar-refractivity contribution in [1.82, 2.24) is 10.2 Å². The maximum absolute atomic E-state index is 13.3. The number of likely N-dealkylation sites (N-methyl/N-ethyl adjacent to an activating group) is 1. The molecule has 166 valence electrons. The van der Waals surface area contributed by atoms with Crippen LogP contribution in [0.1, 0.15) is 49.2 Å². The van der Waals surface area contributed by atoms with Gasteiger partial charge in [0.15, 0.2) is 6.10 Å². The first kappa shape index (κ1) is 24.1. The molecule has 1 atom stereocenters. The van der Waals surface area contributed by atoms with Gasteiger partial charge in [-0.3, -0.25) is 14.4 Å². The number of amides is 2. The van der Waals surface area contributed by atoms with Crippen LogP contribution in [0.25, 0.3) is 0 Å². The van der Waals surface area contributed by atoms with E-state index in [2.05, 4.69) is 26.1 Å². The largest absolute Gasteiger partial charge is 0.451 e. The van der Waals surface area contributed by atoms with E-state index >= 15 is 0 Å². The Balaban J connectivity index is 1.83. The van der Waals surface area contributed by atoms with E-state index < -0.39 is 23.9 Å². The Bertz CT molecular complexity index is 935. The van der Waals surface area contributed by atoms with Crippen molar-refractivity contribution in [3.63, 3.8) is 0 Å². The number of hydrogen-bond acceptors (Lipinski definition) is 4. The summed E-state index contributed by atoms with van der Waals surface area (Å²) in [7, 11) is 1.54. The molecule has 31 heavy (non-hydrogen) atoms. The van der Waals surface area contributed by atoms with Crippen LogP contribution in [0.4, 0.5) is 4.39 Å². The third-order valence-corrected chi connectivity index (χ3v) is 4.75. The third kappa shape index (κ3) is 7.20. The number of ether oxygens (including phenoxy) is 1. The lowest BCUT2D eigenvalue weighted by molar-refractivity contribution is -0.157. The van der Waals surface area contributed by atoms with Crippen molar-refractivity contribution in [2.45, 2.75) is 45.8 Å². The predicted octanol–water partition coefficient (Wildman–Crippen LogP) is 3.44. The molecule has 0 bridgehead atoms. The zero-order valence-corrected chi connectivity index (χ0v) is 18.6. The van der Waals surface area contributed by atoms with Crippen LogP contribution in [-0.2, 0) is 26.3 Å². The van der Waals surface area contributed by atoms with Gasteiger partial charge in [-0.1, -0.05) is 45.0 Å². The second kappa shape index (κ2) is 10.2. The topological polar surface area (TPSA) is 75.7 Å². The molecule has 6 nitrogen and oxygen atoms in total. The van der Waals surface area contributed by atoms with Crippen molar-refractivity contribution < 1.29 is 23.5 Å². The number of hydrogen-bond donors (Lipinski definition) is 1. The van der Waals surface area contributed by atoms with Crippen molar-refractivity contribution in [1.29, 1.82) is 0 Å². The van der Waals surface area contributed by atoms with Crippen molar-refractivity contribution in [2.75, 3.05) is 13.6 Å². The average Bonchev–Trinajstić information content (AvgIpc) is 2.70. The molecule has 0 spiro atoms. The minimum Gasteiger partial charge on any atom is -0.451 e. The summed E-state index contributed by atoms with van der Waals surface area (Å²) in [6.07, 6.45) is -1.03. The zero-order valence-electron chi connectivity index (χ0n) is 18.6. The Morgan fingerprint density at radius 3 is 2.32 bits per heavy atom. The van der Waals surface area contributed by atoms with E-state index in [4.69, 9.17) is 4.74 Å². The van der Waals surface area contributed by atoms with E-state index in [1.54, 1.807) is 31.3 Å². The highest BCUT2D eigenvalue weighted by Crippen LogP contribution is 2.22. The van der Waals surface area contributed by atoms with Gasteiger partial charge in [-0.05, 0) is 47.7 Å². The predicted molar refractivity (Wildman–Crippen MR) is 116 cm³/mol. The molecule has 2 amide bonds. The molecule has 7 heteroatoms. The number of esters is 1. The van der Waals surface area contributed by atoms with Crippen LogP contribution in [0.15, 0.2) is 48.5 Å². The standard InChI is InChI=1S/C24H29FN2O4/c1-16(23(30)27(5)15-17-7-6-8-20(25)13-17)31-21(28)14-26-22(29)18-9-11-19(12-10-18)24(2,3)4/h6-13,16H,14-15H2,1-5H3,(H,26,29)/t16-/m1/s1. The zero-order chi connectivity index (χ0) is 23.2. The van der Waals surface area contributed by atoms with E-state index in [0.717, 1.165) is 5.56 Å². The summed E-state index contributed by atoms with van der Waals surface area (Å²) in [4.78, 5) is 38.0. The van der Waals surface area contributed by atoms with Gasteiger partial charge < -0.3 is 15.0 Å². The van der Waals surface area contributed by atoms with E-state index in [0.29, 0.717) is 11.1 Å². The molecule has 0 fully saturated rings. The highest BCUT2D eigenvalue weighted by Gasteiger charge is 2.22. The molecule has 0 radical (unpaired) electrons. The van der Waals surface area contributed by atoms with Crippen LogP contribution >= 0.6 is 0 Å². The molecule has 0 saturated carbocycles. The quantitative estimate of drug-likeness (QED) is 0.686. The maximum atomic E-state index is 13.3. The SMILES string of the molecule is C[C@@H](OC(=O)CNC(=O)c1ccc(C(C)(C)C)cc1)C(=O)N(C)Cc1cccc(F)c1. The summed E-state index contributed by atoms with van der Waals surface area (Å²) >= 11 is 0. The molecule has 2 aromatic carbocycles. The van der Waals surface area contributed by atoms with Gasteiger partial charge >= 0.3 is 5.97 Å². The lowest BCUT2D eigenvalue weighted by Gasteiger charge is -2.21. The molecular formula is C24H29FN2O4. The Labute approximate surface area is 182 Å². The first-order chi connectivity index (χ1) is 14.5. The monoisotopic (exact) mass is 428 g/mol. The van der Waals surface area contributed by atoms with Crippen LogP contribution in [-0.4, -0.2) is 42.4 Å². The number of rotatable bonds is 7. The number of carbonyl (C=O) groups excluding carboxylic acids is 3. The van der Waals surface area contributed by atoms with Crippen LogP contribution in [0.3, 0.4) is 0 Å². The van der Waals surface area contributed by atoms with E-state index in [1.165, 1.54) is 24.0 Å². The smallest absolute Gasteiger partial charge is 0.326 e. The molecule has 0 aromatic heterocycles. The molecule has 2 aromatic rings. The Hall–Kier alpha value is -3.22. The minimum absolute atomic E-state index is 0.0245. The summed E-state index contributed by atoms with van der Waals surface area (Å²) in [5, 5.41) is 2.50. The minimum atomic E-state index is -1.03. The first-order valence-corrected chi connectivity index (χ1v) is 10.0. The Morgan fingerprint density at radius 1 is 1.10 bits per heavy atom. The van der Waals surface area contributed by atoms with Gasteiger partial charge in [0.1, 0.15) is 12.4 Å². The van der Waals surface area contributed by atoms with Gasteiger partial charge in [-0.15, -0.1) is 0 Å². The molecule has 0 aliphatic carbocycles. The van der Waals surface area contributed by atoms with Gasteiger partial charge in [-0.2, -0.15) is 0 Å². The van der Waals surface area contributed by atoms with Crippen molar-refractivity contribution in [2.24, 2.45) is 0 Å². The number of nitrogens with one attached hydrogen (secondary N) is 1. The van der Waals surface area contributed by atoms with Crippen LogP contribution < -0.4 is 5.32 Å². The second-order valence-corrected chi connectivity index (χ2v) is 8.47. The van der Waals surface area contributed by atoms with Crippen LogP contribution in [0, 0.1) is 5.82 Å². The van der Waals surface area contributed by atoms with Crippen molar-refractivity contribution in [3.8, 4) is 0 Å². The van der Waals surface area contributed by atoms with E-state index in [-0.39, 0.29) is 24.3 Å². The van der Waals surface area contributed by atoms with Crippen LogP contribution in [0.2, 0.25) is 0 Å². The first-order valence-electron chi connectivity index (χ1n) is 10.0. The maximum Gasteiger partial charge on any atom is 0.326 e. The number of halogens is 1. The summed E-state index contributed by atoms with van der Waals surface area (Å²) < 4.78 is 18.4. The number of carbonyl (C=O) groups is 3. The second-order valence-electron chi connectivity index (χ2n) is 8.47. The van der Waals surface area contributed by atoms with Crippen molar-refractivity contribution >= 4 is 17.8 Å². The molecule has 2 rings (SSSR count). The lowest BCUT2D eigenvalue weighted by Crippen LogP contribution is -2.39. The fourth-order valence-corrected chi connectivity index (χ4v) is 2.96. The molecule has 0 saturated heterocycles. The summed E-state index contributed by atoms with van der Waals surface area (Å²) in [5.74, 6) is -1.94. The highest BCUT2D eigenvalue weighted by atomic mass is 19.1. The van der Waals surface area contributed by atoms with E-state index in [9.17, 15) is 18.8 Å².